The maximum Gasteiger partial charge on any atom is 0.130 e. The molecule has 1 fully saturated rings. The van der Waals surface area contributed by atoms with Crippen molar-refractivity contribution in [3.8, 4) is 0 Å². The van der Waals surface area contributed by atoms with Crippen LogP contribution in [0.1, 0.15) is 44.9 Å². The molecule has 0 aromatic carbocycles. The molecule has 1 aromatic rings. The second-order valence-electron chi connectivity index (χ2n) is 6.76. The number of rotatable bonds is 4. The van der Waals surface area contributed by atoms with E-state index < -0.39 is 0 Å². The Morgan fingerprint density at radius 1 is 1.39 bits per heavy atom. The first-order valence-corrected chi connectivity index (χ1v) is 7.03. The standard InChI is InChI=1S/C14H24ClN3/c1-10-11(12(15)18(5)17-10)8-14(6-7-14)9-16-13(2,3)4/h16H,6-9H2,1-5H3. The normalized spacial score (nSPS) is 18.1. The molecule has 1 aliphatic carbocycles. The minimum atomic E-state index is 0.184. The molecule has 1 saturated carbocycles. The third-order valence-electron chi connectivity index (χ3n) is 3.77. The molecule has 18 heavy (non-hydrogen) atoms. The van der Waals surface area contributed by atoms with E-state index in [1.807, 2.05) is 7.05 Å². The highest BCUT2D eigenvalue weighted by Crippen LogP contribution is 2.49. The lowest BCUT2D eigenvalue weighted by Crippen LogP contribution is -2.40. The van der Waals surface area contributed by atoms with Gasteiger partial charge in [-0.15, -0.1) is 0 Å². The highest BCUT2D eigenvalue weighted by molar-refractivity contribution is 6.30. The molecule has 1 N–H and O–H groups in total. The number of hydrogen-bond acceptors (Lipinski definition) is 2. The van der Waals surface area contributed by atoms with E-state index in [4.69, 9.17) is 11.6 Å². The molecule has 2 rings (SSSR count). The first kappa shape index (κ1) is 13.9. The SMILES string of the molecule is Cc1nn(C)c(Cl)c1CC1(CNC(C)(C)C)CC1. The number of hydrogen-bond donors (Lipinski definition) is 1. The van der Waals surface area contributed by atoms with Crippen LogP contribution in [0.15, 0.2) is 0 Å². The third-order valence-corrected chi connectivity index (χ3v) is 4.25. The molecule has 102 valence electrons. The molecule has 0 unspecified atom stereocenters. The van der Waals surface area contributed by atoms with Crippen molar-refractivity contribution < 1.29 is 0 Å². The highest BCUT2D eigenvalue weighted by atomic mass is 35.5. The zero-order valence-electron chi connectivity index (χ0n) is 12.1. The molecule has 0 atom stereocenters. The molecule has 1 heterocycles. The molecule has 1 aromatic heterocycles. The van der Waals surface area contributed by atoms with Crippen LogP contribution in [0.2, 0.25) is 5.15 Å². The lowest BCUT2D eigenvalue weighted by molar-refractivity contribution is 0.356. The molecule has 1 aliphatic rings. The van der Waals surface area contributed by atoms with Crippen LogP contribution < -0.4 is 5.32 Å². The van der Waals surface area contributed by atoms with Gasteiger partial charge in [-0.25, -0.2) is 0 Å². The van der Waals surface area contributed by atoms with Gasteiger partial charge in [-0.1, -0.05) is 11.6 Å². The van der Waals surface area contributed by atoms with Crippen molar-refractivity contribution in [3.63, 3.8) is 0 Å². The number of nitrogens with zero attached hydrogens (tertiary/aromatic N) is 2. The summed E-state index contributed by atoms with van der Waals surface area (Å²) >= 11 is 6.32. The molecule has 0 bridgehead atoms. The summed E-state index contributed by atoms with van der Waals surface area (Å²) in [7, 11) is 1.91. The van der Waals surface area contributed by atoms with Crippen molar-refractivity contribution in [2.45, 2.75) is 52.5 Å². The van der Waals surface area contributed by atoms with Gasteiger partial charge in [0.05, 0.1) is 5.69 Å². The van der Waals surface area contributed by atoms with Crippen LogP contribution in [0.5, 0.6) is 0 Å². The predicted octanol–water partition coefficient (Wildman–Crippen LogP) is 3.09. The van der Waals surface area contributed by atoms with E-state index in [1.54, 1.807) is 4.68 Å². The topological polar surface area (TPSA) is 29.9 Å². The van der Waals surface area contributed by atoms with Crippen LogP contribution in [0.4, 0.5) is 0 Å². The smallest absolute Gasteiger partial charge is 0.130 e. The maximum atomic E-state index is 6.32. The van der Waals surface area contributed by atoms with Crippen LogP contribution in [-0.4, -0.2) is 21.9 Å². The monoisotopic (exact) mass is 269 g/mol. The molecule has 0 radical (unpaired) electrons. The summed E-state index contributed by atoms with van der Waals surface area (Å²) in [5, 5.41) is 8.82. The number of aryl methyl sites for hydroxylation is 2. The average Bonchev–Trinajstić information content (AvgIpc) is 2.97. The van der Waals surface area contributed by atoms with Gasteiger partial charge in [0.1, 0.15) is 5.15 Å². The van der Waals surface area contributed by atoms with E-state index >= 15 is 0 Å². The second kappa shape index (κ2) is 4.53. The van der Waals surface area contributed by atoms with Gasteiger partial charge in [0, 0.05) is 24.7 Å². The zero-order valence-corrected chi connectivity index (χ0v) is 12.9. The molecule has 4 heteroatoms. The fraction of sp³-hybridized carbons (Fsp3) is 0.786. The Kier molecular flexibility index (Phi) is 3.50. The van der Waals surface area contributed by atoms with Gasteiger partial charge >= 0.3 is 0 Å². The van der Waals surface area contributed by atoms with E-state index in [1.165, 1.54) is 18.4 Å². The van der Waals surface area contributed by atoms with Crippen LogP contribution in [0.25, 0.3) is 0 Å². The van der Waals surface area contributed by atoms with Crippen molar-refractivity contribution in [2.24, 2.45) is 12.5 Å². The molecular weight excluding hydrogens is 246 g/mol. The van der Waals surface area contributed by atoms with E-state index in [2.05, 4.69) is 38.1 Å². The number of nitrogens with one attached hydrogen (secondary N) is 1. The quantitative estimate of drug-likeness (QED) is 0.910. The van der Waals surface area contributed by atoms with E-state index in [-0.39, 0.29) is 5.54 Å². The Morgan fingerprint density at radius 3 is 2.39 bits per heavy atom. The lowest BCUT2D eigenvalue weighted by Gasteiger charge is -2.25. The average molecular weight is 270 g/mol. The zero-order chi connectivity index (χ0) is 13.6. The van der Waals surface area contributed by atoms with Gasteiger partial charge in [0.25, 0.3) is 0 Å². The van der Waals surface area contributed by atoms with Crippen LogP contribution in [0, 0.1) is 12.3 Å². The van der Waals surface area contributed by atoms with Gasteiger partial charge in [-0.05, 0) is 52.4 Å². The largest absolute Gasteiger partial charge is 0.312 e. The Balaban J connectivity index is 2.05. The van der Waals surface area contributed by atoms with Crippen molar-refractivity contribution in [3.05, 3.63) is 16.4 Å². The molecule has 0 saturated heterocycles. The summed E-state index contributed by atoms with van der Waals surface area (Å²) in [6.45, 7) is 9.76. The lowest BCUT2D eigenvalue weighted by atomic mass is 9.95. The Labute approximate surface area is 115 Å². The Morgan fingerprint density at radius 2 is 2.00 bits per heavy atom. The van der Waals surface area contributed by atoms with Crippen molar-refractivity contribution in [1.82, 2.24) is 15.1 Å². The van der Waals surface area contributed by atoms with Crippen LogP contribution >= 0.6 is 11.6 Å². The minimum absolute atomic E-state index is 0.184. The fourth-order valence-electron chi connectivity index (χ4n) is 2.30. The van der Waals surface area contributed by atoms with Gasteiger partial charge in [0.15, 0.2) is 0 Å². The van der Waals surface area contributed by atoms with Crippen molar-refractivity contribution in [1.29, 1.82) is 0 Å². The van der Waals surface area contributed by atoms with Crippen LogP contribution in [0.3, 0.4) is 0 Å². The summed E-state index contributed by atoms with van der Waals surface area (Å²) in [5.41, 5.74) is 2.89. The molecule has 0 spiro atoms. The molecule has 3 nitrogen and oxygen atoms in total. The van der Waals surface area contributed by atoms with Gasteiger partial charge in [0.2, 0.25) is 0 Å². The van der Waals surface area contributed by atoms with Crippen molar-refractivity contribution >= 4 is 11.6 Å². The molecule has 0 amide bonds. The van der Waals surface area contributed by atoms with E-state index in [0.717, 1.165) is 23.8 Å². The summed E-state index contributed by atoms with van der Waals surface area (Å²) in [6, 6.07) is 0. The van der Waals surface area contributed by atoms with E-state index in [0.29, 0.717) is 5.41 Å². The summed E-state index contributed by atoms with van der Waals surface area (Å²) < 4.78 is 1.78. The van der Waals surface area contributed by atoms with Gasteiger partial charge < -0.3 is 5.32 Å². The summed E-state index contributed by atoms with van der Waals surface area (Å²) in [4.78, 5) is 0. The number of aromatic nitrogens is 2. The third kappa shape index (κ3) is 3.07. The minimum Gasteiger partial charge on any atom is -0.312 e. The number of halogens is 1. The summed E-state index contributed by atoms with van der Waals surface area (Å²) in [6.07, 6.45) is 3.63. The van der Waals surface area contributed by atoms with Crippen molar-refractivity contribution in [2.75, 3.05) is 6.54 Å². The maximum absolute atomic E-state index is 6.32. The summed E-state index contributed by atoms with van der Waals surface area (Å²) in [5.74, 6) is 0. The fourth-order valence-corrected chi connectivity index (χ4v) is 2.54. The first-order chi connectivity index (χ1) is 8.22. The second-order valence-corrected chi connectivity index (χ2v) is 7.12. The Bertz CT molecular complexity index is 439. The molecular formula is C14H24ClN3. The first-order valence-electron chi connectivity index (χ1n) is 6.65. The highest BCUT2D eigenvalue weighted by Gasteiger charge is 2.43. The van der Waals surface area contributed by atoms with Gasteiger partial charge in [-0.3, -0.25) is 4.68 Å². The van der Waals surface area contributed by atoms with Gasteiger partial charge in [-0.2, -0.15) is 5.10 Å². The van der Waals surface area contributed by atoms with Crippen LogP contribution in [-0.2, 0) is 13.5 Å². The predicted molar refractivity (Wildman–Crippen MR) is 76.1 cm³/mol. The molecule has 0 aliphatic heterocycles. The van der Waals surface area contributed by atoms with E-state index in [9.17, 15) is 0 Å². The Hall–Kier alpha value is -0.540.